The molecule has 0 aliphatic carbocycles. The van der Waals surface area contributed by atoms with Gasteiger partial charge in [0, 0.05) is 0 Å². The molecular weight excluding hydrogens is 312 g/mol. The van der Waals surface area contributed by atoms with Crippen molar-refractivity contribution < 1.29 is 29.9 Å². The van der Waals surface area contributed by atoms with Crippen LogP contribution in [0.1, 0.15) is 38.2 Å². The van der Waals surface area contributed by atoms with Gasteiger partial charge >= 0.3 is 0 Å². The van der Waals surface area contributed by atoms with Crippen molar-refractivity contribution in [2.45, 2.75) is 69.7 Å². The Kier molecular flexibility index (Phi) is 7.45. The van der Waals surface area contributed by atoms with E-state index in [2.05, 4.69) is 6.92 Å². The number of para-hydroxylation sites is 1. The molecule has 136 valence electrons. The summed E-state index contributed by atoms with van der Waals surface area (Å²) in [6.07, 6.45) is -0.912. The van der Waals surface area contributed by atoms with Crippen molar-refractivity contribution in [3.63, 3.8) is 0 Å². The second kappa shape index (κ2) is 9.34. The predicted molar refractivity (Wildman–Crippen MR) is 88.7 cm³/mol. The average Bonchev–Trinajstić information content (AvgIpc) is 2.60. The van der Waals surface area contributed by atoms with Crippen molar-refractivity contribution in [1.29, 1.82) is 0 Å². The van der Waals surface area contributed by atoms with Crippen LogP contribution < -0.4 is 4.74 Å². The van der Waals surface area contributed by atoms with Crippen molar-refractivity contribution in [1.82, 2.24) is 0 Å². The normalized spacial score (nSPS) is 30.3. The van der Waals surface area contributed by atoms with Crippen LogP contribution in [0.3, 0.4) is 0 Å². The summed E-state index contributed by atoms with van der Waals surface area (Å²) in [4.78, 5) is 0. The van der Waals surface area contributed by atoms with Gasteiger partial charge < -0.3 is 29.9 Å². The zero-order chi connectivity index (χ0) is 17.5. The van der Waals surface area contributed by atoms with Gasteiger partial charge in [-0.1, -0.05) is 44.4 Å². The first-order valence-electron chi connectivity index (χ1n) is 8.63. The third-order valence-electron chi connectivity index (χ3n) is 4.36. The Bertz CT molecular complexity index is 492. The minimum absolute atomic E-state index is 0.469. The maximum absolute atomic E-state index is 10.1. The monoisotopic (exact) mass is 340 g/mol. The Labute approximate surface area is 142 Å². The van der Waals surface area contributed by atoms with Gasteiger partial charge in [-0.3, -0.25) is 0 Å². The Morgan fingerprint density at radius 2 is 1.75 bits per heavy atom. The summed E-state index contributed by atoms with van der Waals surface area (Å²) in [5, 5.41) is 39.0. The van der Waals surface area contributed by atoms with Crippen molar-refractivity contribution in [2.75, 3.05) is 6.61 Å². The van der Waals surface area contributed by atoms with Crippen molar-refractivity contribution in [3.05, 3.63) is 29.8 Å². The lowest BCUT2D eigenvalue weighted by atomic mass is 9.99. The molecule has 1 aliphatic rings. The van der Waals surface area contributed by atoms with Crippen LogP contribution >= 0.6 is 0 Å². The molecule has 2 rings (SSSR count). The molecule has 24 heavy (non-hydrogen) atoms. The zero-order valence-electron chi connectivity index (χ0n) is 14.0. The number of unbranched alkanes of at least 4 members (excludes halogenated alkanes) is 3. The fourth-order valence-electron chi connectivity index (χ4n) is 2.86. The van der Waals surface area contributed by atoms with Gasteiger partial charge in [-0.05, 0) is 24.5 Å². The molecule has 0 amide bonds. The van der Waals surface area contributed by atoms with Crippen molar-refractivity contribution >= 4 is 0 Å². The predicted octanol–water partition coefficient (Wildman–Crippen LogP) is 0.988. The molecule has 0 aromatic heterocycles. The number of rotatable bonds is 8. The highest BCUT2D eigenvalue weighted by atomic mass is 16.7. The Morgan fingerprint density at radius 1 is 1.00 bits per heavy atom. The first kappa shape index (κ1) is 19.1. The van der Waals surface area contributed by atoms with E-state index in [9.17, 15) is 20.4 Å². The first-order valence-corrected chi connectivity index (χ1v) is 8.63. The van der Waals surface area contributed by atoms with Gasteiger partial charge in [0.25, 0.3) is 0 Å². The summed E-state index contributed by atoms with van der Waals surface area (Å²) in [6.45, 7) is 1.69. The molecule has 0 saturated carbocycles. The quantitative estimate of drug-likeness (QED) is 0.527. The lowest BCUT2D eigenvalue weighted by Crippen LogP contribution is -2.60. The molecule has 1 aromatic rings. The molecule has 0 spiro atoms. The van der Waals surface area contributed by atoms with E-state index in [0.717, 1.165) is 24.8 Å². The lowest BCUT2D eigenvalue weighted by molar-refractivity contribution is -0.277. The molecule has 5 atom stereocenters. The summed E-state index contributed by atoms with van der Waals surface area (Å²) in [5.74, 6) is 0.582. The minimum atomic E-state index is -1.43. The maximum atomic E-state index is 10.1. The van der Waals surface area contributed by atoms with Crippen LogP contribution in [-0.4, -0.2) is 57.7 Å². The highest BCUT2D eigenvalue weighted by Gasteiger charge is 2.44. The number of aryl methyl sites for hydroxylation is 1. The Balaban J connectivity index is 2.04. The molecule has 1 heterocycles. The topological polar surface area (TPSA) is 99.4 Å². The molecule has 0 radical (unpaired) electrons. The first-order chi connectivity index (χ1) is 11.6. The summed E-state index contributed by atoms with van der Waals surface area (Å²) in [5.41, 5.74) is 1.01. The van der Waals surface area contributed by atoms with Gasteiger partial charge in [-0.2, -0.15) is 0 Å². The van der Waals surface area contributed by atoms with E-state index in [1.807, 2.05) is 18.2 Å². The molecule has 6 nitrogen and oxygen atoms in total. The standard InChI is InChI=1S/C18H28O6/c1-2-3-4-5-8-12-9-6-7-10-13(12)23-18-17(22)16(21)15(20)14(11-19)24-18/h6-7,9-10,14-22H,2-5,8,11H2,1H3/t14-,15-,16-,17+,18-/m1/s1. The van der Waals surface area contributed by atoms with Crippen LogP contribution in [-0.2, 0) is 11.2 Å². The largest absolute Gasteiger partial charge is 0.462 e. The van der Waals surface area contributed by atoms with Crippen molar-refractivity contribution in [3.8, 4) is 5.75 Å². The van der Waals surface area contributed by atoms with Gasteiger partial charge in [0.15, 0.2) is 0 Å². The number of hydrogen-bond acceptors (Lipinski definition) is 6. The van der Waals surface area contributed by atoms with E-state index in [-0.39, 0.29) is 0 Å². The molecule has 1 saturated heterocycles. The highest BCUT2D eigenvalue weighted by Crippen LogP contribution is 2.27. The number of aliphatic hydroxyl groups is 4. The van der Waals surface area contributed by atoms with Crippen LogP contribution in [0, 0.1) is 0 Å². The number of ether oxygens (including phenoxy) is 2. The summed E-state index contributed by atoms with van der Waals surface area (Å²) < 4.78 is 11.2. The number of aliphatic hydroxyl groups excluding tert-OH is 4. The smallest absolute Gasteiger partial charge is 0.229 e. The van der Waals surface area contributed by atoms with Crippen LogP contribution in [0.5, 0.6) is 5.75 Å². The molecule has 0 bridgehead atoms. The summed E-state index contributed by atoms with van der Waals surface area (Å²) in [6, 6.07) is 7.51. The third kappa shape index (κ3) is 4.68. The Hall–Kier alpha value is -1.18. The van der Waals surface area contributed by atoms with Gasteiger partial charge in [0.1, 0.15) is 30.2 Å². The average molecular weight is 340 g/mol. The van der Waals surface area contributed by atoms with Crippen LogP contribution in [0.25, 0.3) is 0 Å². The van der Waals surface area contributed by atoms with Crippen LogP contribution in [0.2, 0.25) is 0 Å². The highest BCUT2D eigenvalue weighted by molar-refractivity contribution is 5.33. The van der Waals surface area contributed by atoms with E-state index >= 15 is 0 Å². The van der Waals surface area contributed by atoms with E-state index in [1.165, 1.54) is 12.8 Å². The fraction of sp³-hybridized carbons (Fsp3) is 0.667. The molecular formula is C18H28O6. The zero-order valence-corrected chi connectivity index (χ0v) is 14.0. The molecule has 6 heteroatoms. The maximum Gasteiger partial charge on any atom is 0.229 e. The second-order valence-corrected chi connectivity index (χ2v) is 6.23. The van der Waals surface area contributed by atoms with Gasteiger partial charge in [0.05, 0.1) is 6.61 Å². The second-order valence-electron chi connectivity index (χ2n) is 6.23. The molecule has 1 aromatic carbocycles. The van der Waals surface area contributed by atoms with E-state index in [4.69, 9.17) is 9.47 Å². The van der Waals surface area contributed by atoms with E-state index in [0.29, 0.717) is 5.75 Å². The van der Waals surface area contributed by atoms with E-state index < -0.39 is 37.3 Å². The molecule has 1 aliphatic heterocycles. The van der Waals surface area contributed by atoms with Gasteiger partial charge in [-0.15, -0.1) is 0 Å². The summed E-state index contributed by atoms with van der Waals surface area (Å²) >= 11 is 0. The number of benzene rings is 1. The SMILES string of the molecule is CCCCCCc1ccccc1O[C@@H]1O[C@H](CO)[C@@H](O)[C@@H](O)[C@@H]1O. The molecule has 1 fully saturated rings. The van der Waals surface area contributed by atoms with Crippen LogP contribution in [0.15, 0.2) is 24.3 Å². The fourth-order valence-corrected chi connectivity index (χ4v) is 2.86. The third-order valence-corrected chi connectivity index (χ3v) is 4.36. The minimum Gasteiger partial charge on any atom is -0.462 e. The number of hydrogen-bond donors (Lipinski definition) is 4. The molecule has 0 unspecified atom stereocenters. The van der Waals surface area contributed by atoms with Crippen molar-refractivity contribution in [2.24, 2.45) is 0 Å². The Morgan fingerprint density at radius 3 is 2.46 bits per heavy atom. The van der Waals surface area contributed by atoms with Gasteiger partial charge in [0.2, 0.25) is 6.29 Å². The van der Waals surface area contributed by atoms with Crippen LogP contribution in [0.4, 0.5) is 0 Å². The van der Waals surface area contributed by atoms with E-state index in [1.54, 1.807) is 6.07 Å². The lowest BCUT2D eigenvalue weighted by Gasteiger charge is -2.39. The summed E-state index contributed by atoms with van der Waals surface area (Å²) in [7, 11) is 0. The molecule has 4 N–H and O–H groups in total. The van der Waals surface area contributed by atoms with Gasteiger partial charge in [-0.25, -0.2) is 0 Å².